The van der Waals surface area contributed by atoms with E-state index < -0.39 is 5.92 Å². The lowest BCUT2D eigenvalue weighted by Crippen LogP contribution is -2.18. The number of halogens is 4. The summed E-state index contributed by atoms with van der Waals surface area (Å²) in [4.78, 5) is 0. The molecule has 0 spiro atoms. The van der Waals surface area contributed by atoms with Crippen molar-refractivity contribution >= 4 is 28.8 Å². The number of hydrogen-bond acceptors (Lipinski definition) is 0. The maximum absolute atomic E-state index is 15.1. The molecule has 23 heavy (non-hydrogen) atoms. The Morgan fingerprint density at radius 3 is 2.13 bits per heavy atom. The summed E-state index contributed by atoms with van der Waals surface area (Å²) in [5.74, 6) is -3.23. The molecule has 0 aliphatic rings. The predicted octanol–water partition coefficient (Wildman–Crippen LogP) is 7.23. The second-order valence-electron chi connectivity index (χ2n) is 5.96. The standard InChI is InChI=1S/C19H18Cl2F2/c1-11(2)17-6-5-12(3)7-18(17)19(22,23)13(4)14-8-15(20)10-16(21)9-14/h5-11H,4H2,1-3H3. The van der Waals surface area contributed by atoms with Crippen molar-refractivity contribution in [3.63, 3.8) is 0 Å². The van der Waals surface area contributed by atoms with Crippen LogP contribution in [-0.4, -0.2) is 0 Å². The van der Waals surface area contributed by atoms with E-state index in [1.807, 2.05) is 19.9 Å². The smallest absolute Gasteiger partial charge is 0.196 e. The molecule has 0 amide bonds. The minimum absolute atomic E-state index is 0.0198. The molecule has 0 N–H and O–H groups in total. The number of allylic oxidation sites excluding steroid dienone is 1. The van der Waals surface area contributed by atoms with Crippen LogP contribution in [0, 0.1) is 6.92 Å². The Kier molecular flexibility index (Phi) is 5.17. The van der Waals surface area contributed by atoms with Gasteiger partial charge in [0.2, 0.25) is 0 Å². The normalized spacial score (nSPS) is 11.8. The van der Waals surface area contributed by atoms with E-state index in [9.17, 15) is 0 Å². The summed E-state index contributed by atoms with van der Waals surface area (Å²) in [5, 5.41) is 0.607. The molecule has 122 valence electrons. The maximum atomic E-state index is 15.1. The fourth-order valence-electron chi connectivity index (χ4n) is 2.52. The number of rotatable bonds is 4. The number of benzene rings is 2. The van der Waals surface area contributed by atoms with Gasteiger partial charge in [-0.1, -0.05) is 61.3 Å². The van der Waals surface area contributed by atoms with Crippen LogP contribution in [0.3, 0.4) is 0 Å². The van der Waals surface area contributed by atoms with Crippen LogP contribution in [-0.2, 0) is 5.92 Å². The predicted molar refractivity (Wildman–Crippen MR) is 94.7 cm³/mol. The Hall–Kier alpha value is -1.38. The highest BCUT2D eigenvalue weighted by molar-refractivity contribution is 6.34. The molecular weight excluding hydrogens is 337 g/mol. The Balaban J connectivity index is 2.57. The van der Waals surface area contributed by atoms with Gasteiger partial charge in [-0.05, 0) is 48.2 Å². The molecule has 2 rings (SSSR count). The zero-order chi connectivity index (χ0) is 17.4. The first-order chi connectivity index (χ1) is 10.6. The van der Waals surface area contributed by atoms with Gasteiger partial charge in [0.25, 0.3) is 5.92 Å². The second-order valence-corrected chi connectivity index (χ2v) is 6.83. The molecule has 2 aromatic carbocycles. The fraction of sp³-hybridized carbons (Fsp3) is 0.263. The average molecular weight is 355 g/mol. The molecular formula is C19H18Cl2F2. The Bertz CT molecular complexity index is 729. The molecule has 0 bridgehead atoms. The highest BCUT2D eigenvalue weighted by Gasteiger charge is 2.38. The molecule has 0 saturated carbocycles. The van der Waals surface area contributed by atoms with Crippen molar-refractivity contribution in [2.45, 2.75) is 32.6 Å². The maximum Gasteiger partial charge on any atom is 0.298 e. The van der Waals surface area contributed by atoms with Crippen molar-refractivity contribution in [1.29, 1.82) is 0 Å². The van der Waals surface area contributed by atoms with Crippen LogP contribution >= 0.6 is 23.2 Å². The van der Waals surface area contributed by atoms with Crippen LogP contribution in [0.25, 0.3) is 5.57 Å². The van der Waals surface area contributed by atoms with Gasteiger partial charge in [0, 0.05) is 21.2 Å². The Labute approximate surface area is 145 Å². The van der Waals surface area contributed by atoms with Crippen LogP contribution in [0.5, 0.6) is 0 Å². The summed E-state index contributed by atoms with van der Waals surface area (Å²) in [6.45, 7) is 9.20. The first kappa shape index (κ1) is 18.0. The fourth-order valence-corrected chi connectivity index (χ4v) is 3.04. The van der Waals surface area contributed by atoms with Gasteiger partial charge in [0.05, 0.1) is 0 Å². The Morgan fingerprint density at radius 1 is 1.04 bits per heavy atom. The highest BCUT2D eigenvalue weighted by atomic mass is 35.5. The summed E-state index contributed by atoms with van der Waals surface area (Å²) in [6.07, 6.45) is 0. The summed E-state index contributed by atoms with van der Waals surface area (Å²) in [6, 6.07) is 9.52. The van der Waals surface area contributed by atoms with Crippen molar-refractivity contribution in [3.8, 4) is 0 Å². The van der Waals surface area contributed by atoms with E-state index >= 15 is 8.78 Å². The van der Waals surface area contributed by atoms with Gasteiger partial charge in [-0.3, -0.25) is 0 Å². The molecule has 0 aliphatic carbocycles. The van der Waals surface area contributed by atoms with Crippen LogP contribution in [0.2, 0.25) is 10.0 Å². The molecule has 0 radical (unpaired) electrons. The summed E-state index contributed by atoms with van der Waals surface area (Å²) in [7, 11) is 0. The molecule has 0 unspecified atom stereocenters. The molecule has 0 fully saturated rings. The topological polar surface area (TPSA) is 0 Å². The number of hydrogen-bond donors (Lipinski definition) is 0. The summed E-state index contributed by atoms with van der Waals surface area (Å²) in [5.41, 5.74) is 1.29. The summed E-state index contributed by atoms with van der Waals surface area (Å²) < 4.78 is 30.2. The van der Waals surface area contributed by atoms with E-state index in [-0.39, 0.29) is 22.6 Å². The van der Waals surface area contributed by atoms with Gasteiger partial charge in [-0.15, -0.1) is 0 Å². The van der Waals surface area contributed by atoms with E-state index in [0.717, 1.165) is 5.56 Å². The Morgan fingerprint density at radius 2 is 1.61 bits per heavy atom. The second kappa shape index (κ2) is 6.62. The largest absolute Gasteiger partial charge is 0.298 e. The molecule has 0 saturated heterocycles. The van der Waals surface area contributed by atoms with E-state index in [2.05, 4.69) is 6.58 Å². The molecule has 0 aromatic heterocycles. The average Bonchev–Trinajstić information content (AvgIpc) is 2.44. The lowest BCUT2D eigenvalue weighted by atomic mass is 9.87. The van der Waals surface area contributed by atoms with Crippen molar-refractivity contribution in [2.75, 3.05) is 0 Å². The van der Waals surface area contributed by atoms with Gasteiger partial charge in [0.15, 0.2) is 0 Å². The molecule has 0 atom stereocenters. The van der Waals surface area contributed by atoms with Crippen molar-refractivity contribution in [2.24, 2.45) is 0 Å². The van der Waals surface area contributed by atoms with Gasteiger partial charge >= 0.3 is 0 Å². The van der Waals surface area contributed by atoms with Gasteiger partial charge < -0.3 is 0 Å². The van der Waals surface area contributed by atoms with Crippen LogP contribution < -0.4 is 0 Å². The van der Waals surface area contributed by atoms with Crippen molar-refractivity contribution in [3.05, 3.63) is 75.3 Å². The lowest BCUT2D eigenvalue weighted by molar-refractivity contribution is 0.0633. The van der Waals surface area contributed by atoms with Gasteiger partial charge in [-0.25, -0.2) is 0 Å². The molecule has 0 aliphatic heterocycles. The van der Waals surface area contributed by atoms with Crippen LogP contribution in [0.1, 0.15) is 42.0 Å². The zero-order valence-electron chi connectivity index (χ0n) is 13.3. The highest BCUT2D eigenvalue weighted by Crippen LogP contribution is 2.44. The van der Waals surface area contributed by atoms with E-state index in [1.165, 1.54) is 24.3 Å². The number of alkyl halides is 2. The van der Waals surface area contributed by atoms with Gasteiger partial charge in [-0.2, -0.15) is 8.78 Å². The zero-order valence-corrected chi connectivity index (χ0v) is 14.8. The van der Waals surface area contributed by atoms with E-state index in [0.29, 0.717) is 15.6 Å². The molecule has 0 nitrogen and oxygen atoms in total. The first-order valence-electron chi connectivity index (χ1n) is 7.27. The molecule has 2 aromatic rings. The quantitative estimate of drug-likeness (QED) is 0.543. The molecule has 0 heterocycles. The SMILES string of the molecule is C=C(c1cc(Cl)cc(Cl)c1)C(F)(F)c1cc(C)ccc1C(C)C. The third-order valence-electron chi connectivity index (χ3n) is 3.76. The number of aryl methyl sites for hydroxylation is 1. The van der Waals surface area contributed by atoms with E-state index in [4.69, 9.17) is 23.2 Å². The van der Waals surface area contributed by atoms with Gasteiger partial charge in [0.1, 0.15) is 0 Å². The van der Waals surface area contributed by atoms with Crippen molar-refractivity contribution in [1.82, 2.24) is 0 Å². The van der Waals surface area contributed by atoms with E-state index in [1.54, 1.807) is 13.0 Å². The minimum atomic E-state index is -3.21. The third kappa shape index (κ3) is 3.76. The summed E-state index contributed by atoms with van der Waals surface area (Å²) >= 11 is 11.9. The van der Waals surface area contributed by atoms with Crippen molar-refractivity contribution < 1.29 is 8.78 Å². The molecule has 4 heteroatoms. The lowest BCUT2D eigenvalue weighted by Gasteiger charge is -2.25. The third-order valence-corrected chi connectivity index (χ3v) is 4.20. The monoisotopic (exact) mass is 354 g/mol. The van der Waals surface area contributed by atoms with Crippen LogP contribution in [0.4, 0.5) is 8.78 Å². The van der Waals surface area contributed by atoms with Crippen LogP contribution in [0.15, 0.2) is 43.0 Å². The minimum Gasteiger partial charge on any atom is -0.196 e. The first-order valence-corrected chi connectivity index (χ1v) is 8.03.